The number of hydroxylamine groups is 2. The summed E-state index contributed by atoms with van der Waals surface area (Å²) in [5.74, 6) is -1.53. The molecule has 0 aliphatic carbocycles. The van der Waals surface area contributed by atoms with Crippen LogP contribution in [0.3, 0.4) is 0 Å². The first-order valence-electron chi connectivity index (χ1n) is 11.1. The minimum Gasteiger partial charge on any atom is -0.487 e. The third-order valence-electron chi connectivity index (χ3n) is 5.41. The fourth-order valence-electron chi connectivity index (χ4n) is 3.50. The van der Waals surface area contributed by atoms with E-state index in [0.717, 1.165) is 12.3 Å². The van der Waals surface area contributed by atoms with Crippen molar-refractivity contribution >= 4 is 31.8 Å². The van der Waals surface area contributed by atoms with Gasteiger partial charge in [0.15, 0.2) is 21.3 Å². The minimum absolute atomic E-state index is 0.0207. The first-order valence-corrected chi connectivity index (χ1v) is 14.4. The fourth-order valence-corrected chi connectivity index (χ4v) is 5.23. The highest BCUT2D eigenvalue weighted by Gasteiger charge is 2.36. The van der Waals surface area contributed by atoms with Crippen LogP contribution >= 0.6 is 0 Å². The molecule has 0 spiro atoms. The Bertz CT molecular complexity index is 1580. The number of hydrogen-bond acceptors (Lipinski definition) is 10. The molecule has 1 aliphatic heterocycles. The summed E-state index contributed by atoms with van der Waals surface area (Å²) in [5.41, 5.74) is 1.07. The van der Waals surface area contributed by atoms with Gasteiger partial charge in [-0.1, -0.05) is 24.3 Å². The van der Waals surface area contributed by atoms with Crippen molar-refractivity contribution in [3.8, 4) is 11.5 Å². The molecule has 13 heteroatoms. The van der Waals surface area contributed by atoms with Gasteiger partial charge in [-0.3, -0.25) is 14.4 Å². The molecular weight excluding hydrogens is 538 g/mol. The molecule has 200 valence electrons. The lowest BCUT2D eigenvalue weighted by Crippen LogP contribution is -2.35. The number of benzene rings is 3. The maximum Gasteiger partial charge on any atom is 0.339 e. The summed E-state index contributed by atoms with van der Waals surface area (Å²) >= 11 is 0. The second-order valence-electron chi connectivity index (χ2n) is 8.45. The smallest absolute Gasteiger partial charge is 0.339 e. The summed E-state index contributed by atoms with van der Waals surface area (Å²) in [6, 6.07) is 15.3. The van der Waals surface area contributed by atoms with E-state index in [1.807, 2.05) is 0 Å². The average Bonchev–Trinajstić information content (AvgIpc) is 3.11. The molecule has 0 fully saturated rings. The predicted octanol–water partition coefficient (Wildman–Crippen LogP) is 2.13. The zero-order chi connectivity index (χ0) is 27.7. The van der Waals surface area contributed by atoms with Crippen LogP contribution in [0, 0.1) is 6.92 Å². The average molecular weight is 562 g/mol. The lowest BCUT2D eigenvalue weighted by Gasteiger charge is -2.18. The molecular formula is C25H23NO10S2. The van der Waals surface area contributed by atoms with Crippen LogP contribution in [-0.4, -0.2) is 64.4 Å². The van der Waals surface area contributed by atoms with Gasteiger partial charge in [0, 0.05) is 6.26 Å². The van der Waals surface area contributed by atoms with Gasteiger partial charge >= 0.3 is 10.1 Å². The normalized spacial score (nSPS) is 14.3. The van der Waals surface area contributed by atoms with Crippen LogP contribution < -0.4 is 8.92 Å². The number of aliphatic hydroxyl groups excluding tert-OH is 1. The Morgan fingerprint density at radius 3 is 2.08 bits per heavy atom. The quantitative estimate of drug-likeness (QED) is 0.288. The van der Waals surface area contributed by atoms with Crippen LogP contribution in [0.15, 0.2) is 76.5 Å². The molecule has 0 radical (unpaired) electrons. The summed E-state index contributed by atoms with van der Waals surface area (Å²) in [6.07, 6.45) is -0.356. The first kappa shape index (κ1) is 27.3. The molecule has 11 nitrogen and oxygen atoms in total. The van der Waals surface area contributed by atoms with E-state index >= 15 is 0 Å². The van der Waals surface area contributed by atoms with Crippen molar-refractivity contribution < 1.29 is 45.3 Å². The highest BCUT2D eigenvalue weighted by atomic mass is 32.2. The van der Waals surface area contributed by atoms with Crippen LogP contribution in [0.2, 0.25) is 0 Å². The number of nitrogens with zero attached hydrogens (tertiary/aromatic N) is 1. The summed E-state index contributed by atoms with van der Waals surface area (Å²) in [6.45, 7) is 0.860. The zero-order valence-corrected chi connectivity index (χ0v) is 21.9. The first-order chi connectivity index (χ1) is 17.9. The van der Waals surface area contributed by atoms with Crippen molar-refractivity contribution in [3.05, 3.63) is 83.4 Å². The van der Waals surface area contributed by atoms with E-state index < -0.39 is 51.1 Å². The van der Waals surface area contributed by atoms with Gasteiger partial charge in [0.05, 0.1) is 16.0 Å². The Kier molecular flexibility index (Phi) is 7.56. The van der Waals surface area contributed by atoms with Gasteiger partial charge in [0.25, 0.3) is 11.8 Å². The lowest BCUT2D eigenvalue weighted by atomic mass is 10.1. The number of carbonyl (C=O) groups is 2. The number of hydrogen-bond donors (Lipinski definition) is 1. The van der Waals surface area contributed by atoms with Gasteiger partial charge < -0.3 is 14.0 Å². The molecule has 1 heterocycles. The Labute approximate surface area is 219 Å². The van der Waals surface area contributed by atoms with Crippen molar-refractivity contribution in [2.75, 3.05) is 19.5 Å². The van der Waals surface area contributed by atoms with Crippen molar-refractivity contribution in [2.24, 2.45) is 0 Å². The Balaban J connectivity index is 1.43. The van der Waals surface area contributed by atoms with E-state index in [2.05, 4.69) is 0 Å². The number of ether oxygens (including phenoxy) is 1. The molecule has 1 unspecified atom stereocenters. The van der Waals surface area contributed by atoms with Crippen molar-refractivity contribution in [2.45, 2.75) is 22.8 Å². The second-order valence-corrected chi connectivity index (χ2v) is 12.0. The van der Waals surface area contributed by atoms with E-state index in [4.69, 9.17) is 13.8 Å². The van der Waals surface area contributed by atoms with Gasteiger partial charge in [-0.05, 0) is 55.0 Å². The molecule has 2 amide bonds. The predicted molar refractivity (Wildman–Crippen MR) is 133 cm³/mol. The zero-order valence-electron chi connectivity index (χ0n) is 20.2. The maximum atomic E-state index is 12.8. The number of rotatable bonds is 10. The van der Waals surface area contributed by atoms with Gasteiger partial charge in [0.2, 0.25) is 0 Å². The molecule has 0 bridgehead atoms. The Morgan fingerprint density at radius 1 is 0.816 bits per heavy atom. The number of sulfone groups is 1. The highest BCUT2D eigenvalue weighted by Crippen LogP contribution is 2.31. The van der Waals surface area contributed by atoms with Crippen molar-refractivity contribution in [1.82, 2.24) is 5.06 Å². The Hall–Kier alpha value is -3.78. The van der Waals surface area contributed by atoms with Crippen molar-refractivity contribution in [1.29, 1.82) is 0 Å². The molecule has 1 aliphatic rings. The van der Waals surface area contributed by atoms with E-state index in [-0.39, 0.29) is 32.4 Å². The standard InChI is InChI=1S/C25H23NO10S2/c1-16-10-11-22(36-38(32,33)19-7-5-6-18(13-19)37(2,30)31)23(12-16)34-14-17(27)15-35-26-24(28)20-8-3-4-9-21(20)25(26)29/h3-13,17,27H,14-15H2,1-2H3. The summed E-state index contributed by atoms with van der Waals surface area (Å²) < 4.78 is 60.1. The fraction of sp³-hybridized carbons (Fsp3) is 0.200. The molecule has 38 heavy (non-hydrogen) atoms. The Morgan fingerprint density at radius 2 is 1.45 bits per heavy atom. The molecule has 1 N–H and O–H groups in total. The third kappa shape index (κ3) is 5.86. The molecule has 0 aromatic heterocycles. The van der Waals surface area contributed by atoms with E-state index in [1.54, 1.807) is 25.1 Å². The van der Waals surface area contributed by atoms with E-state index in [9.17, 15) is 31.5 Å². The molecule has 0 saturated carbocycles. The number of amides is 2. The molecule has 1 atom stereocenters. The number of aliphatic hydroxyl groups is 1. The summed E-state index contributed by atoms with van der Waals surface area (Å²) in [7, 11) is -8.10. The number of aryl methyl sites for hydroxylation is 1. The molecule has 3 aromatic rings. The number of carbonyl (C=O) groups excluding carboxylic acids is 2. The monoisotopic (exact) mass is 561 g/mol. The molecule has 0 saturated heterocycles. The third-order valence-corrected chi connectivity index (χ3v) is 7.75. The number of fused-ring (bicyclic) bond motifs is 1. The van der Waals surface area contributed by atoms with Crippen LogP contribution in [-0.2, 0) is 24.8 Å². The largest absolute Gasteiger partial charge is 0.487 e. The van der Waals surface area contributed by atoms with Gasteiger partial charge in [0.1, 0.15) is 24.2 Å². The second kappa shape index (κ2) is 10.5. The van der Waals surface area contributed by atoms with Crippen LogP contribution in [0.5, 0.6) is 11.5 Å². The summed E-state index contributed by atoms with van der Waals surface area (Å²) in [4.78, 5) is 29.4. The topological polar surface area (TPSA) is 154 Å². The van der Waals surface area contributed by atoms with E-state index in [1.165, 1.54) is 42.5 Å². The van der Waals surface area contributed by atoms with Crippen LogP contribution in [0.25, 0.3) is 0 Å². The minimum atomic E-state index is -4.44. The van der Waals surface area contributed by atoms with E-state index in [0.29, 0.717) is 10.6 Å². The van der Waals surface area contributed by atoms with Crippen molar-refractivity contribution in [3.63, 3.8) is 0 Å². The highest BCUT2D eigenvalue weighted by molar-refractivity contribution is 7.90. The summed E-state index contributed by atoms with van der Waals surface area (Å²) in [5, 5.41) is 10.9. The van der Waals surface area contributed by atoms with Crippen LogP contribution in [0.1, 0.15) is 26.3 Å². The lowest BCUT2D eigenvalue weighted by molar-refractivity contribution is -0.120. The SMILES string of the molecule is Cc1ccc(OS(=O)(=O)c2cccc(S(C)(=O)=O)c2)c(OCC(O)CON2C(=O)c3ccccc3C2=O)c1. The molecule has 3 aromatic carbocycles. The van der Waals surface area contributed by atoms with Gasteiger partial charge in [-0.15, -0.1) is 5.06 Å². The van der Waals surface area contributed by atoms with Gasteiger partial charge in [-0.2, -0.15) is 8.42 Å². The molecule has 4 rings (SSSR count). The maximum absolute atomic E-state index is 12.8. The van der Waals surface area contributed by atoms with Crippen LogP contribution in [0.4, 0.5) is 0 Å². The van der Waals surface area contributed by atoms with Gasteiger partial charge in [-0.25, -0.2) is 8.42 Å². The number of imide groups is 1.